The Kier molecular flexibility index (Phi) is 3.58. The van der Waals surface area contributed by atoms with Crippen LogP contribution in [0, 0.1) is 0 Å². The van der Waals surface area contributed by atoms with E-state index in [1.165, 1.54) is 0 Å². The molecule has 0 aliphatic heterocycles. The number of rotatable bonds is 3. The molecule has 5 nitrogen and oxygen atoms in total. The Labute approximate surface area is 104 Å². The summed E-state index contributed by atoms with van der Waals surface area (Å²) < 4.78 is 37.8. The maximum absolute atomic E-state index is 12.6. The number of hydrogen-bond acceptors (Lipinski definition) is 3. The highest BCUT2D eigenvalue weighted by molar-refractivity contribution is 6.01. The number of benzene rings is 1. The van der Waals surface area contributed by atoms with Gasteiger partial charge < -0.3 is 15.3 Å². The van der Waals surface area contributed by atoms with Gasteiger partial charge in [0.1, 0.15) is 0 Å². The van der Waals surface area contributed by atoms with E-state index in [1.54, 1.807) is 0 Å². The fraction of sp³-hybridized carbons (Fsp3) is 0.273. The third-order valence-corrected chi connectivity index (χ3v) is 2.59. The quantitative estimate of drug-likeness (QED) is 0.784. The van der Waals surface area contributed by atoms with E-state index < -0.39 is 40.4 Å². The van der Waals surface area contributed by atoms with Crippen LogP contribution >= 0.6 is 0 Å². The summed E-state index contributed by atoms with van der Waals surface area (Å²) in [5.41, 5.74) is -5.50. The predicted molar refractivity (Wildman–Crippen MR) is 56.0 cm³/mol. The smallest absolute Gasteiger partial charge is 0.421 e. The first-order valence-corrected chi connectivity index (χ1v) is 4.88. The summed E-state index contributed by atoms with van der Waals surface area (Å²) in [6.45, 7) is 0.453. The molecule has 0 radical (unpaired) electrons. The van der Waals surface area contributed by atoms with Crippen molar-refractivity contribution in [2.45, 2.75) is 18.7 Å². The lowest BCUT2D eigenvalue weighted by molar-refractivity contribution is -0.258. The second-order valence-electron chi connectivity index (χ2n) is 3.94. The standard InChI is InChI=1S/C11H9F3O5/c1-10(19,11(12,13)14)5-2-3-6(8(15)16)7(4-5)9(17)18/h2-4,19H,1H3,(H,15,16)(H,17,18). The van der Waals surface area contributed by atoms with Crippen LogP contribution in [0.4, 0.5) is 13.2 Å². The number of aromatic carboxylic acids is 2. The first-order valence-electron chi connectivity index (χ1n) is 4.88. The summed E-state index contributed by atoms with van der Waals surface area (Å²) in [6.07, 6.45) is -5.02. The highest BCUT2D eigenvalue weighted by Gasteiger charge is 2.51. The molecule has 0 aliphatic carbocycles. The molecule has 8 heteroatoms. The van der Waals surface area contributed by atoms with Gasteiger partial charge >= 0.3 is 18.1 Å². The number of carboxylic acids is 2. The Bertz CT molecular complexity index is 534. The third-order valence-electron chi connectivity index (χ3n) is 2.59. The summed E-state index contributed by atoms with van der Waals surface area (Å²) in [6, 6.07) is 1.93. The van der Waals surface area contributed by atoms with Crippen molar-refractivity contribution in [1.29, 1.82) is 0 Å². The van der Waals surface area contributed by atoms with Gasteiger partial charge in [-0.2, -0.15) is 13.2 Å². The molecule has 1 aromatic rings. The Morgan fingerprint density at radius 1 is 1.05 bits per heavy atom. The molecule has 0 saturated carbocycles. The third kappa shape index (κ3) is 2.68. The van der Waals surface area contributed by atoms with Crippen LogP contribution in [0.25, 0.3) is 0 Å². The Hall–Kier alpha value is -2.09. The Morgan fingerprint density at radius 2 is 1.53 bits per heavy atom. The highest BCUT2D eigenvalue weighted by Crippen LogP contribution is 2.38. The van der Waals surface area contributed by atoms with Gasteiger partial charge in [-0.25, -0.2) is 9.59 Å². The van der Waals surface area contributed by atoms with E-state index >= 15 is 0 Å². The molecule has 0 aliphatic rings. The van der Waals surface area contributed by atoms with Crippen molar-refractivity contribution in [1.82, 2.24) is 0 Å². The van der Waals surface area contributed by atoms with Crippen molar-refractivity contribution in [3.05, 3.63) is 34.9 Å². The normalized spacial score (nSPS) is 14.8. The average Bonchev–Trinajstić information content (AvgIpc) is 2.26. The number of carboxylic acid groups (broad SMARTS) is 2. The Balaban J connectivity index is 3.47. The topological polar surface area (TPSA) is 94.8 Å². The second kappa shape index (κ2) is 4.54. The summed E-state index contributed by atoms with van der Waals surface area (Å²) in [4.78, 5) is 21.6. The van der Waals surface area contributed by atoms with E-state index in [4.69, 9.17) is 10.2 Å². The molecule has 0 bridgehead atoms. The lowest BCUT2D eigenvalue weighted by Crippen LogP contribution is -2.39. The van der Waals surface area contributed by atoms with E-state index in [1.807, 2.05) is 0 Å². The molecule has 0 aromatic heterocycles. The molecular weight excluding hydrogens is 269 g/mol. The SMILES string of the molecule is CC(O)(c1ccc(C(=O)O)c(C(=O)O)c1)C(F)(F)F. The van der Waals surface area contributed by atoms with Gasteiger partial charge in [-0.05, 0) is 24.6 Å². The van der Waals surface area contributed by atoms with Crippen LogP contribution in [-0.2, 0) is 5.60 Å². The molecule has 0 fully saturated rings. The molecule has 19 heavy (non-hydrogen) atoms. The van der Waals surface area contributed by atoms with Crippen molar-refractivity contribution in [2.24, 2.45) is 0 Å². The minimum atomic E-state index is -5.02. The molecule has 0 saturated heterocycles. The number of hydrogen-bond donors (Lipinski definition) is 3. The fourth-order valence-corrected chi connectivity index (χ4v) is 1.37. The van der Waals surface area contributed by atoms with Crippen LogP contribution < -0.4 is 0 Å². The van der Waals surface area contributed by atoms with E-state index in [2.05, 4.69) is 0 Å². The number of aliphatic hydroxyl groups is 1. The maximum Gasteiger partial charge on any atom is 0.421 e. The minimum Gasteiger partial charge on any atom is -0.478 e. The molecule has 104 valence electrons. The van der Waals surface area contributed by atoms with E-state index in [0.29, 0.717) is 19.1 Å². The van der Waals surface area contributed by atoms with Gasteiger partial charge in [0, 0.05) is 0 Å². The first-order chi connectivity index (χ1) is 8.48. The van der Waals surface area contributed by atoms with E-state index in [0.717, 1.165) is 6.07 Å². The highest BCUT2D eigenvalue weighted by atomic mass is 19.4. The fourth-order valence-electron chi connectivity index (χ4n) is 1.37. The maximum atomic E-state index is 12.6. The first kappa shape index (κ1) is 15.0. The van der Waals surface area contributed by atoms with Crippen LogP contribution in [-0.4, -0.2) is 33.4 Å². The van der Waals surface area contributed by atoms with Gasteiger partial charge in [-0.1, -0.05) is 6.07 Å². The number of alkyl halides is 3. The molecule has 1 atom stereocenters. The van der Waals surface area contributed by atoms with Gasteiger partial charge in [0.25, 0.3) is 0 Å². The molecule has 0 heterocycles. The van der Waals surface area contributed by atoms with Crippen molar-refractivity contribution in [3.8, 4) is 0 Å². The second-order valence-corrected chi connectivity index (χ2v) is 3.94. The molecule has 1 unspecified atom stereocenters. The minimum absolute atomic E-state index is 0.453. The van der Waals surface area contributed by atoms with Crippen molar-refractivity contribution in [2.75, 3.05) is 0 Å². The summed E-state index contributed by atoms with van der Waals surface area (Å²) in [5.74, 6) is -3.28. The zero-order valence-electron chi connectivity index (χ0n) is 9.52. The van der Waals surface area contributed by atoms with Gasteiger partial charge in [-0.3, -0.25) is 0 Å². The van der Waals surface area contributed by atoms with Crippen LogP contribution in [0.15, 0.2) is 18.2 Å². The van der Waals surface area contributed by atoms with Crippen molar-refractivity contribution < 1.29 is 38.1 Å². The molecule has 1 aromatic carbocycles. The molecule has 0 amide bonds. The lowest BCUT2D eigenvalue weighted by atomic mass is 9.92. The number of halogens is 3. The summed E-state index contributed by atoms with van der Waals surface area (Å²) in [7, 11) is 0. The summed E-state index contributed by atoms with van der Waals surface area (Å²) in [5, 5.41) is 26.9. The van der Waals surface area contributed by atoms with Crippen molar-refractivity contribution in [3.63, 3.8) is 0 Å². The zero-order chi connectivity index (χ0) is 15.0. The van der Waals surface area contributed by atoms with E-state index in [9.17, 15) is 27.9 Å². The van der Waals surface area contributed by atoms with Crippen LogP contribution in [0.1, 0.15) is 33.2 Å². The zero-order valence-corrected chi connectivity index (χ0v) is 9.52. The lowest BCUT2D eigenvalue weighted by Gasteiger charge is -2.27. The van der Waals surface area contributed by atoms with Gasteiger partial charge in [0.2, 0.25) is 0 Å². The molecule has 0 spiro atoms. The largest absolute Gasteiger partial charge is 0.478 e. The van der Waals surface area contributed by atoms with Gasteiger partial charge in [0.05, 0.1) is 11.1 Å². The van der Waals surface area contributed by atoms with E-state index in [-0.39, 0.29) is 0 Å². The van der Waals surface area contributed by atoms with Crippen LogP contribution in [0.3, 0.4) is 0 Å². The molecule has 1 rings (SSSR count). The summed E-state index contributed by atoms with van der Waals surface area (Å²) >= 11 is 0. The average molecular weight is 278 g/mol. The van der Waals surface area contributed by atoms with Crippen LogP contribution in [0.2, 0.25) is 0 Å². The molecule has 3 N–H and O–H groups in total. The Morgan fingerprint density at radius 3 is 1.89 bits per heavy atom. The van der Waals surface area contributed by atoms with Gasteiger partial charge in [0.15, 0.2) is 5.60 Å². The molecular formula is C11H9F3O5. The van der Waals surface area contributed by atoms with Crippen LogP contribution in [0.5, 0.6) is 0 Å². The monoisotopic (exact) mass is 278 g/mol. The van der Waals surface area contributed by atoms with Crippen molar-refractivity contribution >= 4 is 11.9 Å². The predicted octanol–water partition coefficient (Wildman–Crippen LogP) is 1.85. The van der Waals surface area contributed by atoms with Gasteiger partial charge in [-0.15, -0.1) is 0 Å². The number of carbonyl (C=O) groups is 2.